The van der Waals surface area contributed by atoms with Gasteiger partial charge in [-0.25, -0.2) is 0 Å². The third kappa shape index (κ3) is 5.82. The molecule has 3 aromatic rings. The number of rotatable bonds is 9. The van der Waals surface area contributed by atoms with Crippen LogP contribution in [0.15, 0.2) is 65.7 Å². The van der Waals surface area contributed by atoms with Gasteiger partial charge in [0, 0.05) is 6.54 Å². The minimum absolute atomic E-state index is 0.173. The van der Waals surface area contributed by atoms with Gasteiger partial charge in [0.05, 0.1) is 28.9 Å². The molecule has 2 N–H and O–H groups in total. The number of anilines is 1. The molecule has 0 aliphatic heterocycles. The van der Waals surface area contributed by atoms with Crippen molar-refractivity contribution < 1.29 is 18.8 Å². The Bertz CT molecular complexity index is 1050. The molecule has 0 aliphatic rings. The highest BCUT2D eigenvalue weighted by molar-refractivity contribution is 6.04. The molecule has 160 valence electrons. The topological polar surface area (TPSA) is 93.5 Å². The summed E-state index contributed by atoms with van der Waals surface area (Å²) in [5.41, 5.74) is 3.44. The van der Waals surface area contributed by atoms with E-state index in [-0.39, 0.29) is 18.2 Å². The van der Waals surface area contributed by atoms with Gasteiger partial charge in [-0.2, -0.15) is 0 Å². The number of carbonyl (C=O) groups is 2. The average Bonchev–Trinajstić information content (AvgIpc) is 3.09. The van der Waals surface area contributed by atoms with E-state index < -0.39 is 0 Å². The minimum Gasteiger partial charge on any atom is -0.489 e. The molecule has 1 heterocycles. The zero-order chi connectivity index (χ0) is 22.2. The summed E-state index contributed by atoms with van der Waals surface area (Å²) in [6.45, 7) is 8.02. The maximum atomic E-state index is 12.5. The van der Waals surface area contributed by atoms with Gasteiger partial charge < -0.3 is 19.9 Å². The number of amides is 2. The first-order valence-electron chi connectivity index (χ1n) is 9.89. The Kier molecular flexibility index (Phi) is 7.22. The summed E-state index contributed by atoms with van der Waals surface area (Å²) in [7, 11) is 0. The van der Waals surface area contributed by atoms with Crippen LogP contribution in [-0.4, -0.2) is 23.5 Å². The van der Waals surface area contributed by atoms with Gasteiger partial charge >= 0.3 is 0 Å². The standard InChI is InChI=1S/C24H25N3O4/c1-4-13-25-24(29)20-7-5-6-8-22(20)26-23(28)14-18-9-11-19(12-10-18)30-15-21-16(2)27-31-17(21)3/h4-12H,1,13-15H2,2-3H3,(H,25,29)(H,26,28). The normalized spacial score (nSPS) is 10.4. The van der Waals surface area contributed by atoms with Gasteiger partial charge in [-0.3, -0.25) is 9.59 Å². The third-order valence-electron chi connectivity index (χ3n) is 4.71. The van der Waals surface area contributed by atoms with Crippen LogP contribution >= 0.6 is 0 Å². The zero-order valence-electron chi connectivity index (χ0n) is 17.6. The molecule has 1 aromatic heterocycles. The van der Waals surface area contributed by atoms with E-state index >= 15 is 0 Å². The molecule has 2 amide bonds. The van der Waals surface area contributed by atoms with Crippen LogP contribution in [0.3, 0.4) is 0 Å². The van der Waals surface area contributed by atoms with Crippen LogP contribution in [0.2, 0.25) is 0 Å². The van der Waals surface area contributed by atoms with Crippen molar-refractivity contribution in [2.45, 2.75) is 26.9 Å². The number of para-hydroxylation sites is 1. The highest BCUT2D eigenvalue weighted by Gasteiger charge is 2.13. The fourth-order valence-corrected chi connectivity index (χ4v) is 3.00. The van der Waals surface area contributed by atoms with Crippen LogP contribution in [-0.2, 0) is 17.8 Å². The van der Waals surface area contributed by atoms with Crippen molar-refractivity contribution in [1.29, 1.82) is 0 Å². The predicted octanol–water partition coefficient (Wildman–Crippen LogP) is 3.97. The summed E-state index contributed by atoms with van der Waals surface area (Å²) in [4.78, 5) is 24.8. The van der Waals surface area contributed by atoms with Crippen LogP contribution in [0.5, 0.6) is 5.75 Å². The predicted molar refractivity (Wildman–Crippen MR) is 118 cm³/mol. The lowest BCUT2D eigenvalue weighted by atomic mass is 10.1. The number of nitrogens with one attached hydrogen (secondary N) is 2. The van der Waals surface area contributed by atoms with E-state index in [2.05, 4.69) is 22.4 Å². The minimum atomic E-state index is -0.268. The number of aryl methyl sites for hydroxylation is 2. The summed E-state index contributed by atoms with van der Waals surface area (Å²) in [5.74, 6) is 0.946. The molecule has 7 heteroatoms. The van der Waals surface area contributed by atoms with Crippen LogP contribution in [0.4, 0.5) is 5.69 Å². The number of nitrogens with zero attached hydrogens (tertiary/aromatic N) is 1. The molecule has 7 nitrogen and oxygen atoms in total. The van der Waals surface area contributed by atoms with Crippen molar-refractivity contribution in [3.05, 3.63) is 89.3 Å². The lowest BCUT2D eigenvalue weighted by molar-refractivity contribution is -0.115. The largest absolute Gasteiger partial charge is 0.489 e. The number of aromatic nitrogens is 1. The summed E-state index contributed by atoms with van der Waals surface area (Å²) in [6.07, 6.45) is 1.77. The first-order valence-corrected chi connectivity index (χ1v) is 9.89. The van der Waals surface area contributed by atoms with Crippen molar-refractivity contribution in [3.63, 3.8) is 0 Å². The van der Waals surface area contributed by atoms with Crippen molar-refractivity contribution in [2.75, 3.05) is 11.9 Å². The second-order valence-electron chi connectivity index (χ2n) is 7.00. The van der Waals surface area contributed by atoms with E-state index in [1.54, 1.807) is 30.3 Å². The Labute approximate surface area is 181 Å². The molecule has 0 aliphatic carbocycles. The van der Waals surface area contributed by atoms with Crippen molar-refractivity contribution in [1.82, 2.24) is 10.5 Å². The van der Waals surface area contributed by atoms with E-state index in [0.29, 0.717) is 30.2 Å². The van der Waals surface area contributed by atoms with E-state index in [4.69, 9.17) is 9.26 Å². The molecular weight excluding hydrogens is 394 g/mol. The third-order valence-corrected chi connectivity index (χ3v) is 4.71. The van der Waals surface area contributed by atoms with Crippen molar-refractivity contribution in [2.24, 2.45) is 0 Å². The molecule has 31 heavy (non-hydrogen) atoms. The lowest BCUT2D eigenvalue weighted by Crippen LogP contribution is -2.25. The summed E-state index contributed by atoms with van der Waals surface area (Å²) in [5, 5.41) is 9.44. The lowest BCUT2D eigenvalue weighted by Gasteiger charge is -2.11. The molecule has 3 rings (SSSR count). The Morgan fingerprint density at radius 3 is 2.55 bits per heavy atom. The number of hydrogen-bond donors (Lipinski definition) is 2. The highest BCUT2D eigenvalue weighted by atomic mass is 16.5. The Morgan fingerprint density at radius 1 is 1.13 bits per heavy atom. The van der Waals surface area contributed by atoms with Crippen LogP contribution < -0.4 is 15.4 Å². The van der Waals surface area contributed by atoms with Crippen LogP contribution in [0.25, 0.3) is 0 Å². The maximum Gasteiger partial charge on any atom is 0.253 e. The van der Waals surface area contributed by atoms with Gasteiger partial charge in [0.2, 0.25) is 5.91 Å². The SMILES string of the molecule is C=CCNC(=O)c1ccccc1NC(=O)Cc1ccc(OCc2c(C)noc2C)cc1. The molecule has 0 radical (unpaired) electrons. The smallest absolute Gasteiger partial charge is 0.253 e. The maximum absolute atomic E-state index is 12.5. The van der Waals surface area contributed by atoms with E-state index in [1.165, 1.54) is 0 Å². The zero-order valence-corrected chi connectivity index (χ0v) is 17.6. The van der Waals surface area contributed by atoms with Gasteiger partial charge in [0.1, 0.15) is 18.1 Å². The molecule has 0 bridgehead atoms. The summed E-state index contributed by atoms with van der Waals surface area (Å²) in [6, 6.07) is 14.2. The Hall–Kier alpha value is -3.87. The average molecular weight is 419 g/mol. The van der Waals surface area contributed by atoms with E-state index in [1.807, 2.05) is 38.1 Å². The molecule has 2 aromatic carbocycles. The summed E-state index contributed by atoms with van der Waals surface area (Å²) < 4.78 is 10.9. The number of carbonyl (C=O) groups excluding carboxylic acids is 2. The second kappa shape index (κ2) is 10.2. The fraction of sp³-hybridized carbons (Fsp3) is 0.208. The molecule has 0 fully saturated rings. The van der Waals surface area contributed by atoms with Gasteiger partial charge in [0.15, 0.2) is 0 Å². The van der Waals surface area contributed by atoms with E-state index in [9.17, 15) is 9.59 Å². The molecular formula is C24H25N3O4. The summed E-state index contributed by atoms with van der Waals surface area (Å²) >= 11 is 0. The van der Waals surface area contributed by atoms with Gasteiger partial charge in [-0.15, -0.1) is 6.58 Å². The number of benzene rings is 2. The van der Waals surface area contributed by atoms with Crippen LogP contribution in [0.1, 0.15) is 32.9 Å². The second-order valence-corrected chi connectivity index (χ2v) is 7.00. The van der Waals surface area contributed by atoms with Gasteiger partial charge in [-0.1, -0.05) is 35.5 Å². The highest BCUT2D eigenvalue weighted by Crippen LogP contribution is 2.19. The van der Waals surface area contributed by atoms with Crippen molar-refractivity contribution in [3.8, 4) is 5.75 Å². The Balaban J connectivity index is 1.58. The molecule has 0 unspecified atom stereocenters. The monoisotopic (exact) mass is 419 g/mol. The molecule has 0 atom stereocenters. The molecule has 0 saturated carbocycles. The Morgan fingerprint density at radius 2 is 1.87 bits per heavy atom. The first kappa shape index (κ1) is 21.8. The first-order chi connectivity index (χ1) is 15.0. The van der Waals surface area contributed by atoms with Crippen LogP contribution in [0, 0.1) is 13.8 Å². The van der Waals surface area contributed by atoms with Gasteiger partial charge in [-0.05, 0) is 43.7 Å². The fourth-order valence-electron chi connectivity index (χ4n) is 3.00. The van der Waals surface area contributed by atoms with Gasteiger partial charge in [0.25, 0.3) is 5.91 Å². The number of hydrogen-bond acceptors (Lipinski definition) is 5. The number of ether oxygens (including phenoxy) is 1. The quantitative estimate of drug-likeness (QED) is 0.512. The molecule has 0 saturated heterocycles. The van der Waals surface area contributed by atoms with Crippen molar-refractivity contribution >= 4 is 17.5 Å². The molecule has 0 spiro atoms. The van der Waals surface area contributed by atoms with E-state index in [0.717, 1.165) is 22.6 Å².